The average Bonchev–Trinajstić information content (AvgIpc) is 3.15. The molecule has 3 aromatic rings. The van der Waals surface area contributed by atoms with Crippen molar-refractivity contribution in [2.45, 2.75) is 38.5 Å². The molecular weight excluding hydrogens is 238 g/mol. The number of hydrogen-bond donors (Lipinski definition) is 1. The predicted molar refractivity (Wildman–Crippen MR) is 73.0 cm³/mol. The Morgan fingerprint density at radius 3 is 3.21 bits per heavy atom. The number of aromatic nitrogens is 5. The second kappa shape index (κ2) is 4.05. The van der Waals surface area contributed by atoms with Gasteiger partial charge in [0.15, 0.2) is 11.3 Å². The van der Waals surface area contributed by atoms with Crippen LogP contribution in [-0.4, -0.2) is 24.6 Å². The van der Waals surface area contributed by atoms with Gasteiger partial charge in [-0.2, -0.15) is 0 Å². The van der Waals surface area contributed by atoms with Crippen molar-refractivity contribution in [1.82, 2.24) is 24.6 Å². The number of hydrogen-bond acceptors (Lipinski definition) is 3. The van der Waals surface area contributed by atoms with E-state index in [9.17, 15) is 0 Å². The van der Waals surface area contributed by atoms with Crippen LogP contribution in [0.2, 0.25) is 0 Å². The van der Waals surface area contributed by atoms with E-state index in [1.807, 2.05) is 6.20 Å². The van der Waals surface area contributed by atoms with Crippen LogP contribution in [0.1, 0.15) is 44.3 Å². The number of nitrogens with one attached hydrogen (secondary N) is 1. The molecular formula is C14H17N5. The van der Waals surface area contributed by atoms with Crippen molar-refractivity contribution in [3.63, 3.8) is 0 Å². The SMILES string of the molecule is CC[C@H]1CCC[C@@H]1c1nnc2cnc3[nH]ccc3n12. The van der Waals surface area contributed by atoms with Gasteiger partial charge in [0.2, 0.25) is 0 Å². The summed E-state index contributed by atoms with van der Waals surface area (Å²) in [6, 6.07) is 2.05. The van der Waals surface area contributed by atoms with Crippen molar-refractivity contribution in [3.05, 3.63) is 24.3 Å². The molecule has 0 radical (unpaired) electrons. The van der Waals surface area contributed by atoms with Gasteiger partial charge in [-0.25, -0.2) is 4.98 Å². The first-order valence-electron chi connectivity index (χ1n) is 7.05. The number of rotatable bonds is 2. The fourth-order valence-corrected chi connectivity index (χ4v) is 3.50. The smallest absolute Gasteiger partial charge is 0.179 e. The summed E-state index contributed by atoms with van der Waals surface area (Å²) in [7, 11) is 0. The Morgan fingerprint density at radius 2 is 2.32 bits per heavy atom. The summed E-state index contributed by atoms with van der Waals surface area (Å²) < 4.78 is 2.18. The van der Waals surface area contributed by atoms with Gasteiger partial charge in [-0.3, -0.25) is 4.40 Å². The van der Waals surface area contributed by atoms with Gasteiger partial charge in [-0.15, -0.1) is 10.2 Å². The molecule has 3 aromatic heterocycles. The zero-order valence-electron chi connectivity index (χ0n) is 11.0. The second-order valence-electron chi connectivity index (χ2n) is 5.43. The minimum Gasteiger partial charge on any atom is -0.345 e. The summed E-state index contributed by atoms with van der Waals surface area (Å²) >= 11 is 0. The molecule has 1 saturated carbocycles. The number of fused-ring (bicyclic) bond motifs is 3. The standard InChI is InChI=1S/C14H17N5/c1-2-9-4-3-5-10(9)14-18-17-12-8-16-13-11(19(12)14)6-7-15-13/h6-10,15H,2-5H2,1H3/t9-,10-/m0/s1. The van der Waals surface area contributed by atoms with Crippen LogP contribution in [-0.2, 0) is 0 Å². The molecule has 4 rings (SSSR count). The monoisotopic (exact) mass is 255 g/mol. The van der Waals surface area contributed by atoms with Gasteiger partial charge in [0, 0.05) is 12.1 Å². The minimum atomic E-state index is 0.542. The third kappa shape index (κ3) is 1.50. The first kappa shape index (κ1) is 11.0. The fraction of sp³-hybridized carbons (Fsp3) is 0.500. The highest BCUT2D eigenvalue weighted by molar-refractivity contribution is 5.74. The Kier molecular flexibility index (Phi) is 2.33. The van der Waals surface area contributed by atoms with Gasteiger partial charge >= 0.3 is 0 Å². The summed E-state index contributed by atoms with van der Waals surface area (Å²) in [5.74, 6) is 2.40. The molecule has 0 spiro atoms. The molecule has 0 aliphatic heterocycles. The molecule has 0 unspecified atom stereocenters. The normalized spacial score (nSPS) is 23.6. The second-order valence-corrected chi connectivity index (χ2v) is 5.43. The number of nitrogens with zero attached hydrogens (tertiary/aromatic N) is 4. The Hall–Kier alpha value is -1.91. The van der Waals surface area contributed by atoms with Gasteiger partial charge in [0.1, 0.15) is 5.82 Å². The molecule has 0 bridgehead atoms. The number of H-pyrrole nitrogens is 1. The lowest BCUT2D eigenvalue weighted by molar-refractivity contribution is 0.451. The Labute approximate surface area is 111 Å². The van der Waals surface area contributed by atoms with Crippen molar-refractivity contribution in [3.8, 4) is 0 Å². The van der Waals surface area contributed by atoms with E-state index in [1.54, 1.807) is 6.20 Å². The molecule has 1 N–H and O–H groups in total. The third-order valence-corrected chi connectivity index (χ3v) is 4.48. The lowest BCUT2D eigenvalue weighted by atomic mass is 9.93. The molecule has 0 amide bonds. The zero-order chi connectivity index (χ0) is 12.8. The maximum atomic E-state index is 4.46. The summed E-state index contributed by atoms with van der Waals surface area (Å²) in [6.45, 7) is 2.28. The van der Waals surface area contributed by atoms with E-state index in [0.29, 0.717) is 5.92 Å². The van der Waals surface area contributed by atoms with Crippen LogP contribution in [0.25, 0.3) is 16.8 Å². The van der Waals surface area contributed by atoms with E-state index in [4.69, 9.17) is 0 Å². The molecule has 5 nitrogen and oxygen atoms in total. The highest BCUT2D eigenvalue weighted by atomic mass is 15.3. The molecule has 3 heterocycles. The average molecular weight is 255 g/mol. The first-order valence-corrected chi connectivity index (χ1v) is 7.05. The molecule has 5 heteroatoms. The Balaban J connectivity index is 1.96. The Morgan fingerprint density at radius 1 is 1.37 bits per heavy atom. The summed E-state index contributed by atoms with van der Waals surface area (Å²) in [5.41, 5.74) is 2.84. The van der Waals surface area contributed by atoms with Gasteiger partial charge < -0.3 is 4.98 Å². The van der Waals surface area contributed by atoms with Crippen LogP contribution in [0.15, 0.2) is 18.5 Å². The highest BCUT2D eigenvalue weighted by Gasteiger charge is 2.31. The first-order chi connectivity index (χ1) is 9.38. The van der Waals surface area contributed by atoms with Crippen molar-refractivity contribution in [1.29, 1.82) is 0 Å². The van der Waals surface area contributed by atoms with Gasteiger partial charge in [0.05, 0.1) is 11.7 Å². The van der Waals surface area contributed by atoms with Crippen molar-refractivity contribution < 1.29 is 0 Å². The topological polar surface area (TPSA) is 58.9 Å². The molecule has 19 heavy (non-hydrogen) atoms. The summed E-state index contributed by atoms with van der Waals surface area (Å²) in [6.07, 6.45) is 8.80. The van der Waals surface area contributed by atoms with Crippen molar-refractivity contribution >= 4 is 16.8 Å². The third-order valence-electron chi connectivity index (χ3n) is 4.48. The Bertz CT molecular complexity index is 726. The van der Waals surface area contributed by atoms with Gasteiger partial charge in [0.25, 0.3) is 0 Å². The zero-order valence-corrected chi connectivity index (χ0v) is 11.0. The van der Waals surface area contributed by atoms with E-state index >= 15 is 0 Å². The van der Waals surface area contributed by atoms with Gasteiger partial charge in [-0.05, 0) is 24.8 Å². The fourth-order valence-electron chi connectivity index (χ4n) is 3.50. The maximum Gasteiger partial charge on any atom is 0.179 e. The van der Waals surface area contributed by atoms with Crippen LogP contribution in [0, 0.1) is 5.92 Å². The van der Waals surface area contributed by atoms with E-state index in [2.05, 4.69) is 37.6 Å². The van der Waals surface area contributed by atoms with Crippen LogP contribution >= 0.6 is 0 Å². The number of aromatic amines is 1. The molecule has 0 saturated heterocycles. The van der Waals surface area contributed by atoms with E-state index in [1.165, 1.54) is 25.7 Å². The van der Waals surface area contributed by atoms with Crippen molar-refractivity contribution in [2.24, 2.45) is 5.92 Å². The lowest BCUT2D eigenvalue weighted by Gasteiger charge is -2.16. The van der Waals surface area contributed by atoms with E-state index < -0.39 is 0 Å². The van der Waals surface area contributed by atoms with Crippen LogP contribution in [0.5, 0.6) is 0 Å². The van der Waals surface area contributed by atoms with Crippen molar-refractivity contribution in [2.75, 3.05) is 0 Å². The highest BCUT2D eigenvalue weighted by Crippen LogP contribution is 2.40. The quantitative estimate of drug-likeness (QED) is 0.766. The molecule has 1 aliphatic rings. The van der Waals surface area contributed by atoms with Crippen LogP contribution in [0.3, 0.4) is 0 Å². The van der Waals surface area contributed by atoms with E-state index in [-0.39, 0.29) is 0 Å². The minimum absolute atomic E-state index is 0.542. The lowest BCUT2D eigenvalue weighted by Crippen LogP contribution is -2.09. The summed E-state index contributed by atoms with van der Waals surface area (Å²) in [5, 5.41) is 8.76. The maximum absolute atomic E-state index is 4.46. The van der Waals surface area contributed by atoms with Crippen LogP contribution < -0.4 is 0 Å². The molecule has 98 valence electrons. The molecule has 2 atom stereocenters. The molecule has 0 aromatic carbocycles. The molecule has 1 aliphatic carbocycles. The molecule has 1 fully saturated rings. The van der Waals surface area contributed by atoms with Gasteiger partial charge in [-0.1, -0.05) is 19.8 Å². The van der Waals surface area contributed by atoms with Crippen LogP contribution in [0.4, 0.5) is 0 Å². The largest absolute Gasteiger partial charge is 0.345 e. The van der Waals surface area contributed by atoms with E-state index in [0.717, 1.165) is 28.6 Å². The summed E-state index contributed by atoms with van der Waals surface area (Å²) in [4.78, 5) is 7.53. The predicted octanol–water partition coefficient (Wildman–Crippen LogP) is 2.90.